The summed E-state index contributed by atoms with van der Waals surface area (Å²) in [5.41, 5.74) is 1.04. The molecule has 3 rings (SSSR count). The first-order valence-electron chi connectivity index (χ1n) is 8.92. The minimum Gasteiger partial charge on any atom is -0.469 e. The number of benzene rings is 1. The predicted molar refractivity (Wildman–Crippen MR) is 101 cm³/mol. The maximum absolute atomic E-state index is 13.3. The third-order valence-electron chi connectivity index (χ3n) is 4.23. The molecule has 0 aliphatic heterocycles. The van der Waals surface area contributed by atoms with Crippen LogP contribution in [0.25, 0.3) is 11.5 Å². The van der Waals surface area contributed by atoms with E-state index >= 15 is 0 Å². The highest BCUT2D eigenvalue weighted by molar-refractivity contribution is 5.97. The molecule has 1 aromatic carbocycles. The molecule has 0 spiro atoms. The van der Waals surface area contributed by atoms with Crippen LogP contribution in [0, 0.1) is 5.82 Å². The number of amides is 1. The number of esters is 1. The van der Waals surface area contributed by atoms with Crippen molar-refractivity contribution in [2.45, 2.75) is 19.3 Å². The molecule has 3 aromatic rings. The Morgan fingerprint density at radius 3 is 2.54 bits per heavy atom. The van der Waals surface area contributed by atoms with Crippen molar-refractivity contribution in [2.24, 2.45) is 0 Å². The first kappa shape index (κ1) is 19.3. The number of carbonyl (C=O) groups is 2. The van der Waals surface area contributed by atoms with Gasteiger partial charge in [-0.2, -0.15) is 5.10 Å². The van der Waals surface area contributed by atoms with E-state index in [1.54, 1.807) is 21.4 Å². The van der Waals surface area contributed by atoms with Crippen LogP contribution >= 0.6 is 0 Å². The zero-order valence-corrected chi connectivity index (χ0v) is 15.5. The van der Waals surface area contributed by atoms with E-state index in [2.05, 4.69) is 15.2 Å². The Morgan fingerprint density at radius 2 is 1.86 bits per heavy atom. The Kier molecular flexibility index (Phi) is 6.21. The molecular formula is C20H21FN4O3. The van der Waals surface area contributed by atoms with Crippen LogP contribution in [0.5, 0.6) is 0 Å². The van der Waals surface area contributed by atoms with Gasteiger partial charge in [0.2, 0.25) is 0 Å². The number of unbranched alkanes of at least 4 members (excludes halogenated alkanes) is 1. The average molecular weight is 384 g/mol. The van der Waals surface area contributed by atoms with Crippen LogP contribution in [0.2, 0.25) is 0 Å². The molecule has 0 radical (unpaired) electrons. The van der Waals surface area contributed by atoms with Crippen molar-refractivity contribution in [1.29, 1.82) is 0 Å². The van der Waals surface area contributed by atoms with Crippen molar-refractivity contribution >= 4 is 11.9 Å². The predicted octanol–water partition coefficient (Wildman–Crippen LogP) is 2.88. The molecule has 0 bridgehead atoms. The van der Waals surface area contributed by atoms with E-state index < -0.39 is 0 Å². The summed E-state index contributed by atoms with van der Waals surface area (Å²) in [5, 5.41) is 7.17. The number of hydrogen-bond donors (Lipinski definition) is 1. The quantitative estimate of drug-likeness (QED) is 0.479. The Bertz CT molecular complexity index is 933. The molecule has 0 saturated carbocycles. The van der Waals surface area contributed by atoms with Gasteiger partial charge in [-0.1, -0.05) is 0 Å². The molecule has 0 atom stereocenters. The van der Waals surface area contributed by atoms with Crippen molar-refractivity contribution in [3.05, 3.63) is 66.4 Å². The van der Waals surface area contributed by atoms with Gasteiger partial charge in [0.1, 0.15) is 11.4 Å². The fraction of sp³-hybridized carbons (Fsp3) is 0.250. The largest absolute Gasteiger partial charge is 0.469 e. The Balaban J connectivity index is 1.76. The van der Waals surface area contributed by atoms with E-state index in [0.717, 1.165) is 0 Å². The van der Waals surface area contributed by atoms with Gasteiger partial charge in [-0.15, -0.1) is 0 Å². The fourth-order valence-corrected chi connectivity index (χ4v) is 2.79. The summed E-state index contributed by atoms with van der Waals surface area (Å²) in [6.45, 7) is 0.433. The standard InChI is InChI=1S/C20H21FN4O3/c1-28-18(26)6-2-3-11-22-19(27)17-14-23-25(16-9-7-15(21)8-10-16)20(17)24-12-4-5-13-24/h4-5,7-10,12-14H,2-3,6,11H2,1H3,(H,22,27). The zero-order chi connectivity index (χ0) is 19.9. The van der Waals surface area contributed by atoms with Gasteiger partial charge < -0.3 is 14.6 Å². The summed E-state index contributed by atoms with van der Waals surface area (Å²) in [7, 11) is 1.35. The second-order valence-electron chi connectivity index (χ2n) is 6.15. The number of carbonyl (C=O) groups excluding carboxylic acids is 2. The van der Waals surface area contributed by atoms with E-state index in [-0.39, 0.29) is 17.7 Å². The molecule has 1 N–H and O–H groups in total. The molecule has 2 aromatic heterocycles. The second kappa shape index (κ2) is 8.98. The van der Waals surface area contributed by atoms with Crippen LogP contribution in [0.4, 0.5) is 4.39 Å². The lowest BCUT2D eigenvalue weighted by Gasteiger charge is -2.11. The monoisotopic (exact) mass is 384 g/mol. The highest BCUT2D eigenvalue weighted by Gasteiger charge is 2.19. The topological polar surface area (TPSA) is 78.2 Å². The zero-order valence-electron chi connectivity index (χ0n) is 15.5. The van der Waals surface area contributed by atoms with Crippen LogP contribution in [-0.4, -0.2) is 39.9 Å². The molecule has 7 nitrogen and oxygen atoms in total. The first-order valence-corrected chi connectivity index (χ1v) is 8.92. The lowest BCUT2D eigenvalue weighted by molar-refractivity contribution is -0.140. The van der Waals surface area contributed by atoms with Crippen LogP contribution in [0.15, 0.2) is 55.0 Å². The first-order chi connectivity index (χ1) is 13.6. The van der Waals surface area contributed by atoms with Gasteiger partial charge in [0, 0.05) is 25.4 Å². The summed E-state index contributed by atoms with van der Waals surface area (Å²) >= 11 is 0. The Hall–Kier alpha value is -3.42. The fourth-order valence-electron chi connectivity index (χ4n) is 2.79. The molecule has 0 aliphatic carbocycles. The molecule has 0 unspecified atom stereocenters. The minimum absolute atomic E-state index is 0.262. The number of rotatable bonds is 8. The summed E-state index contributed by atoms with van der Waals surface area (Å²) in [5.74, 6) is -0.316. The second-order valence-corrected chi connectivity index (χ2v) is 6.15. The minimum atomic E-state index is -0.344. The van der Waals surface area contributed by atoms with Gasteiger partial charge in [-0.3, -0.25) is 9.59 Å². The number of nitrogens with zero attached hydrogens (tertiary/aromatic N) is 3. The third kappa shape index (κ3) is 4.46. The maximum Gasteiger partial charge on any atom is 0.305 e. The van der Waals surface area contributed by atoms with Gasteiger partial charge >= 0.3 is 5.97 Å². The normalized spacial score (nSPS) is 10.6. The van der Waals surface area contributed by atoms with Gasteiger partial charge in [-0.05, 0) is 49.2 Å². The van der Waals surface area contributed by atoms with Crippen molar-refractivity contribution in [2.75, 3.05) is 13.7 Å². The van der Waals surface area contributed by atoms with Crippen LogP contribution in [-0.2, 0) is 9.53 Å². The third-order valence-corrected chi connectivity index (χ3v) is 4.23. The van der Waals surface area contributed by atoms with Crippen molar-refractivity contribution < 1.29 is 18.7 Å². The molecular weight excluding hydrogens is 363 g/mol. The van der Waals surface area contributed by atoms with Gasteiger partial charge in [0.25, 0.3) is 5.91 Å². The number of aromatic nitrogens is 3. The van der Waals surface area contributed by atoms with Crippen molar-refractivity contribution in [3.63, 3.8) is 0 Å². The smallest absolute Gasteiger partial charge is 0.305 e. The summed E-state index contributed by atoms with van der Waals surface area (Å²) < 4.78 is 21.2. The molecule has 28 heavy (non-hydrogen) atoms. The lowest BCUT2D eigenvalue weighted by Crippen LogP contribution is -2.25. The van der Waals surface area contributed by atoms with Crippen LogP contribution in [0.1, 0.15) is 29.6 Å². The summed E-state index contributed by atoms with van der Waals surface area (Å²) in [6, 6.07) is 9.58. The maximum atomic E-state index is 13.3. The van der Waals surface area contributed by atoms with Crippen LogP contribution in [0.3, 0.4) is 0 Å². The van der Waals surface area contributed by atoms with E-state index in [4.69, 9.17) is 0 Å². The Labute approximate surface area is 161 Å². The molecule has 0 saturated heterocycles. The van der Waals surface area contributed by atoms with Crippen LogP contribution < -0.4 is 5.32 Å². The highest BCUT2D eigenvalue weighted by Crippen LogP contribution is 2.20. The number of ether oxygens (including phenoxy) is 1. The molecule has 1 amide bonds. The Morgan fingerprint density at radius 1 is 1.14 bits per heavy atom. The van der Waals surface area contributed by atoms with E-state index in [9.17, 15) is 14.0 Å². The molecule has 0 fully saturated rings. The number of halogens is 1. The van der Waals surface area contributed by atoms with E-state index in [0.29, 0.717) is 42.9 Å². The van der Waals surface area contributed by atoms with Gasteiger partial charge in [0.05, 0.1) is 19.0 Å². The van der Waals surface area contributed by atoms with Gasteiger partial charge in [-0.25, -0.2) is 9.07 Å². The molecule has 8 heteroatoms. The molecule has 0 aliphatic rings. The lowest BCUT2D eigenvalue weighted by atomic mass is 10.2. The van der Waals surface area contributed by atoms with E-state index in [1.165, 1.54) is 25.4 Å². The SMILES string of the molecule is COC(=O)CCCCNC(=O)c1cnn(-c2ccc(F)cc2)c1-n1cccc1. The number of nitrogens with one attached hydrogen (secondary N) is 1. The summed E-state index contributed by atoms with van der Waals surface area (Å²) in [6.07, 6.45) is 6.72. The average Bonchev–Trinajstić information content (AvgIpc) is 3.37. The van der Waals surface area contributed by atoms with Crippen molar-refractivity contribution in [3.8, 4) is 11.5 Å². The van der Waals surface area contributed by atoms with E-state index in [1.807, 2.05) is 24.5 Å². The van der Waals surface area contributed by atoms with Gasteiger partial charge in [0.15, 0.2) is 5.82 Å². The highest BCUT2D eigenvalue weighted by atomic mass is 19.1. The molecule has 2 heterocycles. The molecule has 146 valence electrons. The number of methoxy groups -OCH3 is 1. The summed E-state index contributed by atoms with van der Waals surface area (Å²) in [4.78, 5) is 23.8. The van der Waals surface area contributed by atoms with Crippen molar-refractivity contribution in [1.82, 2.24) is 19.7 Å². The number of hydrogen-bond acceptors (Lipinski definition) is 4.